The molecular weight excluding hydrogens is 362 g/mol. The van der Waals surface area contributed by atoms with Crippen LogP contribution in [0.15, 0.2) is 53.1 Å². The van der Waals surface area contributed by atoms with Gasteiger partial charge in [-0.2, -0.15) is 4.98 Å². The van der Waals surface area contributed by atoms with Crippen LogP contribution < -0.4 is 21.1 Å². The minimum absolute atomic E-state index is 0.164. The van der Waals surface area contributed by atoms with Gasteiger partial charge in [-0.25, -0.2) is 4.79 Å². The standard InChI is InChI=1S/C19H19N5O4/c1-27-15-7-5-12(6-8-15)18-23-17(28-24-18)10-9-16(25)21-13-3-2-4-14(11-13)22-19(20)26/h2-8,11H,9-10H2,1H3,(H,21,25)(H3,20,22,26). The summed E-state index contributed by atoms with van der Waals surface area (Å²) in [6.45, 7) is 0. The van der Waals surface area contributed by atoms with Gasteiger partial charge in [0.2, 0.25) is 17.6 Å². The first-order chi connectivity index (χ1) is 13.5. The van der Waals surface area contributed by atoms with Crippen molar-refractivity contribution in [1.29, 1.82) is 0 Å². The molecule has 28 heavy (non-hydrogen) atoms. The molecule has 2 aromatic carbocycles. The third-order valence-corrected chi connectivity index (χ3v) is 3.80. The lowest BCUT2D eigenvalue weighted by molar-refractivity contribution is -0.116. The summed E-state index contributed by atoms with van der Waals surface area (Å²) in [6, 6.07) is 13.3. The molecule has 3 amide bonds. The zero-order chi connectivity index (χ0) is 19.9. The quantitative estimate of drug-likeness (QED) is 0.576. The summed E-state index contributed by atoms with van der Waals surface area (Å²) in [7, 11) is 1.59. The Kier molecular flexibility index (Phi) is 5.85. The number of nitrogens with zero attached hydrogens (tertiary/aromatic N) is 2. The number of nitrogens with one attached hydrogen (secondary N) is 2. The Hall–Kier alpha value is -3.88. The second-order valence-corrected chi connectivity index (χ2v) is 5.86. The molecule has 0 aliphatic heterocycles. The van der Waals surface area contributed by atoms with Gasteiger partial charge in [0.1, 0.15) is 5.75 Å². The van der Waals surface area contributed by atoms with Crippen LogP contribution in [0.4, 0.5) is 16.2 Å². The summed E-state index contributed by atoms with van der Waals surface area (Å²) < 4.78 is 10.3. The lowest BCUT2D eigenvalue weighted by atomic mass is 10.2. The molecule has 4 N–H and O–H groups in total. The van der Waals surface area contributed by atoms with Crippen LogP contribution in [0.5, 0.6) is 5.75 Å². The van der Waals surface area contributed by atoms with E-state index in [-0.39, 0.29) is 12.3 Å². The summed E-state index contributed by atoms with van der Waals surface area (Å²) in [4.78, 5) is 27.3. The molecule has 0 atom stereocenters. The molecule has 1 heterocycles. The largest absolute Gasteiger partial charge is 0.497 e. The highest BCUT2D eigenvalue weighted by molar-refractivity contribution is 5.93. The minimum atomic E-state index is -0.674. The number of amides is 3. The zero-order valence-electron chi connectivity index (χ0n) is 15.1. The second kappa shape index (κ2) is 8.67. The van der Waals surface area contributed by atoms with E-state index in [0.29, 0.717) is 29.5 Å². The van der Waals surface area contributed by atoms with Crippen LogP contribution in [0.2, 0.25) is 0 Å². The Balaban J connectivity index is 1.55. The molecule has 0 aliphatic rings. The molecule has 9 nitrogen and oxygen atoms in total. The third kappa shape index (κ3) is 5.07. The van der Waals surface area contributed by atoms with Crippen molar-refractivity contribution in [2.24, 2.45) is 5.73 Å². The molecule has 3 aromatic rings. The van der Waals surface area contributed by atoms with E-state index in [1.807, 2.05) is 12.1 Å². The normalized spacial score (nSPS) is 10.3. The molecule has 0 aliphatic carbocycles. The summed E-state index contributed by atoms with van der Waals surface area (Å²) in [6.07, 6.45) is 0.464. The van der Waals surface area contributed by atoms with E-state index in [4.69, 9.17) is 15.0 Å². The SMILES string of the molecule is COc1ccc(-c2noc(CCC(=O)Nc3cccc(NC(N)=O)c3)n2)cc1. The molecule has 144 valence electrons. The number of aryl methyl sites for hydroxylation is 1. The van der Waals surface area contributed by atoms with Crippen molar-refractivity contribution in [2.75, 3.05) is 17.7 Å². The molecule has 0 saturated carbocycles. The topological polar surface area (TPSA) is 132 Å². The van der Waals surface area contributed by atoms with Crippen molar-refractivity contribution >= 4 is 23.3 Å². The number of anilines is 2. The van der Waals surface area contributed by atoms with Gasteiger partial charge in [-0.1, -0.05) is 11.2 Å². The van der Waals surface area contributed by atoms with Crippen LogP contribution in [-0.4, -0.2) is 29.2 Å². The first-order valence-corrected chi connectivity index (χ1v) is 8.47. The Morgan fingerprint density at radius 1 is 1.11 bits per heavy atom. The smallest absolute Gasteiger partial charge is 0.316 e. The van der Waals surface area contributed by atoms with E-state index in [0.717, 1.165) is 11.3 Å². The average molecular weight is 381 g/mol. The number of carbonyl (C=O) groups excluding carboxylic acids is 2. The summed E-state index contributed by atoms with van der Waals surface area (Å²) >= 11 is 0. The number of hydrogen-bond acceptors (Lipinski definition) is 6. The number of benzene rings is 2. The number of rotatable bonds is 7. The van der Waals surface area contributed by atoms with Crippen LogP contribution in [-0.2, 0) is 11.2 Å². The number of methoxy groups -OCH3 is 1. The van der Waals surface area contributed by atoms with Gasteiger partial charge in [0.05, 0.1) is 7.11 Å². The lowest BCUT2D eigenvalue weighted by Crippen LogP contribution is -2.19. The number of primary amides is 1. The van der Waals surface area contributed by atoms with Crippen LogP contribution in [0.1, 0.15) is 12.3 Å². The van der Waals surface area contributed by atoms with E-state index >= 15 is 0 Å². The van der Waals surface area contributed by atoms with Crippen molar-refractivity contribution in [3.05, 3.63) is 54.4 Å². The maximum Gasteiger partial charge on any atom is 0.316 e. The van der Waals surface area contributed by atoms with E-state index < -0.39 is 6.03 Å². The van der Waals surface area contributed by atoms with Crippen LogP contribution in [0.25, 0.3) is 11.4 Å². The van der Waals surface area contributed by atoms with Crippen LogP contribution in [0.3, 0.4) is 0 Å². The van der Waals surface area contributed by atoms with Crippen molar-refractivity contribution in [3.8, 4) is 17.1 Å². The predicted octanol–water partition coefficient (Wildman–Crippen LogP) is 2.81. The van der Waals surface area contributed by atoms with E-state index in [1.165, 1.54) is 0 Å². The molecule has 0 spiro atoms. The van der Waals surface area contributed by atoms with Gasteiger partial charge in [-0.3, -0.25) is 4.79 Å². The molecule has 9 heteroatoms. The van der Waals surface area contributed by atoms with Gasteiger partial charge in [0, 0.05) is 29.8 Å². The fraction of sp³-hybridized carbons (Fsp3) is 0.158. The van der Waals surface area contributed by atoms with Gasteiger partial charge in [0.25, 0.3) is 0 Å². The van der Waals surface area contributed by atoms with Crippen molar-refractivity contribution in [2.45, 2.75) is 12.8 Å². The highest BCUT2D eigenvalue weighted by Gasteiger charge is 2.11. The lowest BCUT2D eigenvalue weighted by Gasteiger charge is -2.07. The highest BCUT2D eigenvalue weighted by atomic mass is 16.5. The fourth-order valence-corrected chi connectivity index (χ4v) is 2.47. The Labute approximate surface area is 160 Å². The molecule has 1 aromatic heterocycles. The van der Waals surface area contributed by atoms with E-state index in [9.17, 15) is 9.59 Å². The fourth-order valence-electron chi connectivity index (χ4n) is 2.47. The Morgan fingerprint density at radius 3 is 2.50 bits per heavy atom. The second-order valence-electron chi connectivity index (χ2n) is 5.86. The van der Waals surface area contributed by atoms with Crippen LogP contribution >= 0.6 is 0 Å². The Morgan fingerprint density at radius 2 is 1.82 bits per heavy atom. The summed E-state index contributed by atoms with van der Waals surface area (Å²) in [5.41, 5.74) is 6.90. The third-order valence-electron chi connectivity index (χ3n) is 3.80. The average Bonchev–Trinajstić information content (AvgIpc) is 3.15. The molecule has 0 unspecified atom stereocenters. The predicted molar refractivity (Wildman–Crippen MR) is 103 cm³/mol. The number of aromatic nitrogens is 2. The van der Waals surface area contributed by atoms with Crippen molar-refractivity contribution in [1.82, 2.24) is 10.1 Å². The zero-order valence-corrected chi connectivity index (χ0v) is 15.1. The maximum atomic E-state index is 12.1. The first-order valence-electron chi connectivity index (χ1n) is 8.47. The summed E-state index contributed by atoms with van der Waals surface area (Å²) in [5, 5.41) is 9.12. The van der Waals surface area contributed by atoms with E-state index in [1.54, 1.807) is 43.5 Å². The number of hydrogen-bond donors (Lipinski definition) is 3. The number of ether oxygens (including phenoxy) is 1. The first kappa shape index (κ1) is 18.9. The highest BCUT2D eigenvalue weighted by Crippen LogP contribution is 2.20. The van der Waals surface area contributed by atoms with Gasteiger partial charge in [-0.15, -0.1) is 0 Å². The van der Waals surface area contributed by atoms with Crippen LogP contribution in [0, 0.1) is 0 Å². The van der Waals surface area contributed by atoms with Gasteiger partial charge >= 0.3 is 6.03 Å². The van der Waals surface area contributed by atoms with Crippen molar-refractivity contribution < 1.29 is 18.8 Å². The number of urea groups is 1. The molecule has 0 radical (unpaired) electrons. The molecule has 0 bridgehead atoms. The minimum Gasteiger partial charge on any atom is -0.497 e. The number of nitrogens with two attached hydrogens (primary N) is 1. The van der Waals surface area contributed by atoms with Gasteiger partial charge < -0.3 is 25.6 Å². The Bertz CT molecular complexity index is 968. The monoisotopic (exact) mass is 381 g/mol. The molecular formula is C19H19N5O4. The number of carbonyl (C=O) groups is 2. The molecule has 0 saturated heterocycles. The van der Waals surface area contributed by atoms with Crippen molar-refractivity contribution in [3.63, 3.8) is 0 Å². The molecule has 3 rings (SSSR count). The van der Waals surface area contributed by atoms with E-state index in [2.05, 4.69) is 20.8 Å². The maximum absolute atomic E-state index is 12.1. The molecule has 0 fully saturated rings. The van der Waals surface area contributed by atoms with Gasteiger partial charge in [-0.05, 0) is 42.5 Å². The van der Waals surface area contributed by atoms with Gasteiger partial charge in [0.15, 0.2) is 0 Å². The summed E-state index contributed by atoms with van der Waals surface area (Å²) in [5.74, 6) is 1.33.